The molecule has 3 aliphatic rings. The molecule has 2 saturated carbocycles. The number of aromatic nitrogens is 5. The van der Waals surface area contributed by atoms with Gasteiger partial charge in [-0.25, -0.2) is 15.0 Å². The number of nitrogens with one attached hydrogen (secondary N) is 1. The molecule has 1 aliphatic heterocycles. The number of piperidine rings is 1. The van der Waals surface area contributed by atoms with Gasteiger partial charge >= 0.3 is 0 Å². The second-order valence-electron chi connectivity index (χ2n) is 12.4. The van der Waals surface area contributed by atoms with E-state index < -0.39 is 0 Å². The maximum atomic E-state index is 13.7. The number of anilines is 2. The number of aryl methyl sites for hydroxylation is 1. The van der Waals surface area contributed by atoms with Crippen molar-refractivity contribution in [2.24, 2.45) is 24.6 Å². The Kier molecular flexibility index (Phi) is 6.10. The normalized spacial score (nSPS) is 20.9. The van der Waals surface area contributed by atoms with Crippen LogP contribution in [0.2, 0.25) is 0 Å². The molecule has 3 N–H and O–H groups in total. The number of ether oxygens (including phenoxy) is 1. The fourth-order valence-corrected chi connectivity index (χ4v) is 7.16. The first-order chi connectivity index (χ1) is 21.4. The van der Waals surface area contributed by atoms with Gasteiger partial charge in [-0.15, -0.1) is 0 Å². The molecule has 3 aromatic heterocycles. The van der Waals surface area contributed by atoms with Crippen molar-refractivity contribution in [3.63, 3.8) is 0 Å². The zero-order chi connectivity index (χ0) is 30.1. The third kappa shape index (κ3) is 4.28. The minimum atomic E-state index is -0.00408. The Bertz CT molecular complexity index is 1980. The van der Waals surface area contributed by atoms with Gasteiger partial charge in [-0.1, -0.05) is 6.07 Å². The van der Waals surface area contributed by atoms with Gasteiger partial charge in [-0.05, 0) is 67.9 Å². The molecule has 222 valence electrons. The summed E-state index contributed by atoms with van der Waals surface area (Å²) < 4.78 is 10.3. The van der Waals surface area contributed by atoms with Crippen molar-refractivity contribution >= 4 is 39.2 Å². The minimum Gasteiger partial charge on any atom is -0.494 e. The Balaban J connectivity index is 1.19. The molecular formula is C33H33N9O2. The number of nitriles is 1. The second kappa shape index (κ2) is 10.1. The lowest BCUT2D eigenvalue weighted by Gasteiger charge is -2.27. The first-order valence-corrected chi connectivity index (χ1v) is 15.2. The van der Waals surface area contributed by atoms with Gasteiger partial charge < -0.3 is 29.8 Å². The molecule has 3 atom stereocenters. The van der Waals surface area contributed by atoms with Gasteiger partial charge in [0.05, 0.1) is 41.9 Å². The quantitative estimate of drug-likeness (QED) is 0.282. The topological polar surface area (TPSA) is 140 Å². The van der Waals surface area contributed by atoms with Crippen molar-refractivity contribution < 1.29 is 9.53 Å². The highest BCUT2D eigenvalue weighted by Crippen LogP contribution is 2.40. The predicted molar refractivity (Wildman–Crippen MR) is 166 cm³/mol. The Morgan fingerprint density at radius 3 is 2.61 bits per heavy atom. The first kappa shape index (κ1) is 26.7. The molecule has 4 heterocycles. The highest BCUT2D eigenvalue weighted by molar-refractivity contribution is 6.00. The van der Waals surface area contributed by atoms with Gasteiger partial charge in [0, 0.05) is 48.9 Å². The molecule has 3 fully saturated rings. The summed E-state index contributed by atoms with van der Waals surface area (Å²) in [7, 11) is 3.64. The summed E-state index contributed by atoms with van der Waals surface area (Å²) in [4.78, 5) is 28.9. The van der Waals surface area contributed by atoms with Gasteiger partial charge in [0.25, 0.3) is 5.91 Å². The van der Waals surface area contributed by atoms with Crippen LogP contribution in [0.1, 0.15) is 41.9 Å². The van der Waals surface area contributed by atoms with Crippen LogP contribution < -0.4 is 15.8 Å². The van der Waals surface area contributed by atoms with Gasteiger partial charge in [0.1, 0.15) is 17.3 Å². The average molecular weight is 588 g/mol. The Morgan fingerprint density at radius 2 is 1.93 bits per heavy atom. The van der Waals surface area contributed by atoms with Crippen LogP contribution in [0.25, 0.3) is 33.5 Å². The lowest BCUT2D eigenvalue weighted by molar-refractivity contribution is 0.0700. The number of carbonyl (C=O) groups excluding carboxylic acids is 1. The van der Waals surface area contributed by atoms with Crippen LogP contribution in [-0.4, -0.2) is 60.6 Å². The average Bonchev–Trinajstić information content (AvgIpc) is 3.45. The Hall–Kier alpha value is -4.95. The van der Waals surface area contributed by atoms with Gasteiger partial charge in [0.2, 0.25) is 5.82 Å². The Labute approximate surface area is 254 Å². The zero-order valence-electron chi connectivity index (χ0n) is 24.7. The van der Waals surface area contributed by atoms with Crippen molar-refractivity contribution in [1.82, 2.24) is 29.0 Å². The van der Waals surface area contributed by atoms with Crippen LogP contribution in [0.4, 0.5) is 11.4 Å². The van der Waals surface area contributed by atoms with E-state index in [1.165, 1.54) is 12.8 Å². The Morgan fingerprint density at radius 1 is 1.11 bits per heavy atom. The number of carbonyl (C=O) groups is 1. The molecule has 5 aromatic rings. The molecule has 11 nitrogen and oxygen atoms in total. The van der Waals surface area contributed by atoms with Crippen LogP contribution >= 0.6 is 0 Å². The summed E-state index contributed by atoms with van der Waals surface area (Å²) in [5.74, 6) is 2.59. The van der Waals surface area contributed by atoms with Gasteiger partial charge in [-0.2, -0.15) is 5.26 Å². The fourth-order valence-electron chi connectivity index (χ4n) is 7.16. The molecular weight excluding hydrogens is 554 g/mol. The van der Waals surface area contributed by atoms with Crippen molar-refractivity contribution in [1.29, 1.82) is 5.26 Å². The molecule has 0 unspecified atom stereocenters. The van der Waals surface area contributed by atoms with Crippen LogP contribution in [-0.2, 0) is 13.6 Å². The number of nitrogens with zero attached hydrogens (tertiary/aromatic N) is 7. The molecule has 11 heteroatoms. The minimum absolute atomic E-state index is 0.00408. The van der Waals surface area contributed by atoms with Crippen LogP contribution in [0, 0.1) is 23.2 Å². The number of likely N-dealkylation sites (tertiary alicyclic amines) is 1. The molecule has 2 bridgehead atoms. The van der Waals surface area contributed by atoms with Crippen LogP contribution in [0.3, 0.4) is 0 Å². The lowest BCUT2D eigenvalue weighted by Crippen LogP contribution is -2.41. The summed E-state index contributed by atoms with van der Waals surface area (Å²) >= 11 is 0. The maximum Gasteiger partial charge on any atom is 0.254 e. The summed E-state index contributed by atoms with van der Waals surface area (Å²) in [6, 6.07) is 14.3. The molecule has 1 amide bonds. The highest BCUT2D eigenvalue weighted by atomic mass is 16.5. The number of imidazole rings is 1. The SMILES string of the molecule is COc1cc(C(=O)N2C[C@H]3CC[C@@H]2[C@@H]3N)cc2nc(-c3cc4ccc(Nc5cnc(C#N)nc5)cc4n3CC3CC3)n(C)c12. The summed E-state index contributed by atoms with van der Waals surface area (Å²) in [5.41, 5.74) is 12.3. The largest absolute Gasteiger partial charge is 0.494 e. The molecule has 2 aromatic carbocycles. The molecule has 2 aliphatic carbocycles. The van der Waals surface area contributed by atoms with E-state index in [-0.39, 0.29) is 23.8 Å². The first-order valence-electron chi connectivity index (χ1n) is 15.2. The predicted octanol–water partition coefficient (Wildman–Crippen LogP) is 4.58. The van der Waals surface area contributed by atoms with E-state index >= 15 is 0 Å². The smallest absolute Gasteiger partial charge is 0.254 e. The third-order valence-corrected chi connectivity index (χ3v) is 9.63. The zero-order valence-corrected chi connectivity index (χ0v) is 24.7. The van der Waals surface area contributed by atoms with Crippen LogP contribution in [0.15, 0.2) is 48.8 Å². The van der Waals surface area contributed by atoms with E-state index in [2.05, 4.69) is 42.6 Å². The molecule has 1 saturated heterocycles. The van der Waals surface area contributed by atoms with E-state index in [1.54, 1.807) is 19.5 Å². The van der Waals surface area contributed by atoms with Crippen molar-refractivity contribution in [2.75, 3.05) is 19.0 Å². The van der Waals surface area contributed by atoms with E-state index in [1.807, 2.05) is 36.2 Å². The lowest BCUT2D eigenvalue weighted by atomic mass is 10.1. The maximum absolute atomic E-state index is 13.7. The van der Waals surface area contributed by atoms with Gasteiger partial charge in [0.15, 0.2) is 5.82 Å². The summed E-state index contributed by atoms with van der Waals surface area (Å²) in [6.45, 7) is 1.61. The fraction of sp³-hybridized carbons (Fsp3) is 0.364. The number of methoxy groups -OCH3 is 1. The summed E-state index contributed by atoms with van der Waals surface area (Å²) in [5, 5.41) is 13.5. The van der Waals surface area contributed by atoms with E-state index in [4.69, 9.17) is 20.7 Å². The number of nitrogens with two attached hydrogens (primary N) is 1. The van der Waals surface area contributed by atoms with Crippen molar-refractivity contribution in [3.8, 4) is 23.3 Å². The molecule has 0 spiro atoms. The third-order valence-electron chi connectivity index (χ3n) is 9.63. The van der Waals surface area contributed by atoms with E-state index in [0.717, 1.165) is 65.1 Å². The second-order valence-corrected chi connectivity index (χ2v) is 12.4. The number of fused-ring (bicyclic) bond motifs is 4. The number of benzene rings is 2. The number of hydrogen-bond acceptors (Lipinski definition) is 8. The molecule has 44 heavy (non-hydrogen) atoms. The van der Waals surface area contributed by atoms with Crippen LogP contribution in [0.5, 0.6) is 5.75 Å². The number of rotatable bonds is 7. The highest BCUT2D eigenvalue weighted by Gasteiger charge is 2.47. The molecule has 0 radical (unpaired) electrons. The molecule has 8 rings (SSSR count). The van der Waals surface area contributed by atoms with Crippen molar-refractivity contribution in [2.45, 2.75) is 44.3 Å². The van der Waals surface area contributed by atoms with Crippen molar-refractivity contribution in [3.05, 3.63) is 60.2 Å². The van der Waals surface area contributed by atoms with E-state index in [9.17, 15) is 4.79 Å². The standard InChI is InChI=1S/C33H33N9O2/c1-40-31-24(9-21(11-28(31)44-2)33(43)42-17-20-6-8-25(42)30(20)35)39-32(40)27-10-19-5-7-22(12-26(19)41(27)16-18-3-4-18)38-23-14-36-29(13-34)37-15-23/h5,7,9-12,14-15,18,20,25,30,38H,3-4,6,8,16-17,35H2,1-2H3/t20-,25-,30-/m1/s1. The summed E-state index contributed by atoms with van der Waals surface area (Å²) in [6.07, 6.45) is 7.71. The van der Waals surface area contributed by atoms with E-state index in [0.29, 0.717) is 28.8 Å². The monoisotopic (exact) mass is 587 g/mol. The van der Waals surface area contributed by atoms with Gasteiger partial charge in [-0.3, -0.25) is 4.79 Å². The number of hydrogen-bond donors (Lipinski definition) is 2. The number of amides is 1.